The van der Waals surface area contributed by atoms with E-state index >= 15 is 0 Å². The van der Waals surface area contributed by atoms with Crippen molar-refractivity contribution in [2.24, 2.45) is 0 Å². The number of thioether (sulfide) groups is 1. The molecule has 0 fully saturated rings. The third-order valence-electron chi connectivity index (χ3n) is 3.26. The van der Waals surface area contributed by atoms with Crippen molar-refractivity contribution in [3.05, 3.63) is 33.9 Å². The average molecular weight is 404 g/mol. The Labute approximate surface area is 161 Å². The number of thiazole rings is 1. The fourth-order valence-corrected chi connectivity index (χ4v) is 4.49. The van der Waals surface area contributed by atoms with Gasteiger partial charge in [0, 0.05) is 16.5 Å². The SMILES string of the molecule is Cc1csc([C@H](C#N)C(=O)COC(=O)CSc2ncnc3sccc23)n1. The van der Waals surface area contributed by atoms with Gasteiger partial charge in [-0.1, -0.05) is 11.8 Å². The van der Waals surface area contributed by atoms with Crippen molar-refractivity contribution >= 4 is 56.4 Å². The van der Waals surface area contributed by atoms with Crippen LogP contribution in [0, 0.1) is 18.3 Å². The van der Waals surface area contributed by atoms with Crippen LogP contribution in [0.3, 0.4) is 0 Å². The lowest BCUT2D eigenvalue weighted by molar-refractivity contribution is -0.145. The molecule has 3 aromatic heterocycles. The van der Waals surface area contributed by atoms with Gasteiger partial charge in [0.1, 0.15) is 21.2 Å². The monoisotopic (exact) mass is 404 g/mol. The Morgan fingerprint density at radius 1 is 1.38 bits per heavy atom. The molecule has 3 rings (SSSR count). The number of hydrogen-bond acceptors (Lipinski definition) is 10. The maximum atomic E-state index is 12.1. The van der Waals surface area contributed by atoms with E-state index in [0.29, 0.717) is 10.0 Å². The number of aromatic nitrogens is 3. The highest BCUT2D eigenvalue weighted by atomic mass is 32.2. The molecule has 3 heterocycles. The number of aryl methyl sites for hydroxylation is 1. The maximum absolute atomic E-state index is 12.1. The quantitative estimate of drug-likeness (QED) is 0.336. The number of Topliss-reactive ketones (excluding diaryl/α,β-unsaturated/α-hetero) is 1. The minimum Gasteiger partial charge on any atom is -0.457 e. The highest BCUT2D eigenvalue weighted by molar-refractivity contribution is 8.00. The van der Waals surface area contributed by atoms with Gasteiger partial charge in [-0.05, 0) is 18.4 Å². The van der Waals surface area contributed by atoms with Crippen LogP contribution in [0.4, 0.5) is 0 Å². The minimum atomic E-state index is -1.01. The molecule has 26 heavy (non-hydrogen) atoms. The van der Waals surface area contributed by atoms with Gasteiger partial charge >= 0.3 is 5.97 Å². The number of esters is 1. The van der Waals surface area contributed by atoms with Gasteiger partial charge in [-0.3, -0.25) is 9.59 Å². The van der Waals surface area contributed by atoms with Gasteiger partial charge in [-0.25, -0.2) is 15.0 Å². The standard InChI is InChI=1S/C16H12N4O3S3/c1-9-6-25-16(20-9)11(4-17)12(21)5-23-13(22)7-26-15-10-2-3-24-14(10)18-8-19-15/h2-3,6,8,11H,5,7H2,1H3/t11-/m1/s1. The zero-order valence-electron chi connectivity index (χ0n) is 13.5. The summed E-state index contributed by atoms with van der Waals surface area (Å²) in [5, 5.41) is 14.9. The summed E-state index contributed by atoms with van der Waals surface area (Å²) < 4.78 is 5.01. The van der Waals surface area contributed by atoms with Gasteiger partial charge in [0.25, 0.3) is 0 Å². The van der Waals surface area contributed by atoms with E-state index in [9.17, 15) is 14.9 Å². The predicted octanol–water partition coefficient (Wildman–Crippen LogP) is 2.97. The van der Waals surface area contributed by atoms with E-state index in [4.69, 9.17) is 4.74 Å². The Morgan fingerprint density at radius 3 is 2.96 bits per heavy atom. The summed E-state index contributed by atoms with van der Waals surface area (Å²) in [5.74, 6) is -2.02. The van der Waals surface area contributed by atoms with E-state index in [0.717, 1.165) is 15.9 Å². The second-order valence-electron chi connectivity index (χ2n) is 5.12. The minimum absolute atomic E-state index is 0.0167. The first-order valence-electron chi connectivity index (χ1n) is 7.39. The molecule has 0 aliphatic rings. The molecule has 0 spiro atoms. The van der Waals surface area contributed by atoms with Crippen molar-refractivity contribution in [2.75, 3.05) is 12.4 Å². The Kier molecular flexibility index (Phi) is 5.92. The zero-order chi connectivity index (χ0) is 18.5. The Hall–Kier alpha value is -2.35. The number of carbonyl (C=O) groups excluding carboxylic acids is 2. The number of nitrogens with zero attached hydrogens (tertiary/aromatic N) is 4. The second-order valence-corrected chi connectivity index (χ2v) is 7.87. The molecule has 3 aromatic rings. The molecule has 0 aliphatic carbocycles. The second kappa shape index (κ2) is 8.35. The summed E-state index contributed by atoms with van der Waals surface area (Å²) in [6, 6.07) is 3.81. The molecule has 1 atom stereocenters. The Bertz CT molecular complexity index is 992. The first kappa shape index (κ1) is 18.4. The van der Waals surface area contributed by atoms with Crippen molar-refractivity contribution in [3.63, 3.8) is 0 Å². The van der Waals surface area contributed by atoms with Gasteiger partial charge in [-0.15, -0.1) is 22.7 Å². The lowest BCUT2D eigenvalue weighted by Gasteiger charge is -2.07. The normalized spacial score (nSPS) is 11.8. The number of rotatable bonds is 7. The molecule has 0 aromatic carbocycles. The van der Waals surface area contributed by atoms with Crippen molar-refractivity contribution in [1.29, 1.82) is 5.26 Å². The van der Waals surface area contributed by atoms with Crippen LogP contribution in [0.15, 0.2) is 28.2 Å². The third kappa shape index (κ3) is 4.24. The molecule has 0 unspecified atom stereocenters. The number of hydrogen-bond donors (Lipinski definition) is 0. The largest absolute Gasteiger partial charge is 0.457 e. The van der Waals surface area contributed by atoms with Crippen molar-refractivity contribution in [2.45, 2.75) is 17.9 Å². The van der Waals surface area contributed by atoms with Crippen LogP contribution in [-0.4, -0.2) is 39.1 Å². The van der Waals surface area contributed by atoms with Gasteiger partial charge < -0.3 is 4.74 Å². The van der Waals surface area contributed by atoms with Gasteiger partial charge in [0.15, 0.2) is 18.3 Å². The average Bonchev–Trinajstić information content (AvgIpc) is 3.28. The highest BCUT2D eigenvalue weighted by Gasteiger charge is 2.24. The molecule has 132 valence electrons. The van der Waals surface area contributed by atoms with Crippen LogP contribution >= 0.6 is 34.4 Å². The van der Waals surface area contributed by atoms with E-state index in [-0.39, 0.29) is 5.75 Å². The van der Waals surface area contributed by atoms with Crippen LogP contribution in [0.2, 0.25) is 0 Å². The van der Waals surface area contributed by atoms with Gasteiger partial charge in [-0.2, -0.15) is 5.26 Å². The molecule has 7 nitrogen and oxygen atoms in total. The highest BCUT2D eigenvalue weighted by Crippen LogP contribution is 2.27. The molecule has 0 aliphatic heterocycles. The van der Waals surface area contributed by atoms with E-state index in [2.05, 4.69) is 15.0 Å². The van der Waals surface area contributed by atoms with E-state index < -0.39 is 24.3 Å². The summed E-state index contributed by atoms with van der Waals surface area (Å²) in [6.45, 7) is 1.33. The van der Waals surface area contributed by atoms with Crippen LogP contribution in [0.1, 0.15) is 16.6 Å². The van der Waals surface area contributed by atoms with E-state index in [1.807, 2.05) is 17.5 Å². The Balaban J connectivity index is 1.53. The first-order valence-corrected chi connectivity index (χ1v) is 10.1. The van der Waals surface area contributed by atoms with Crippen LogP contribution in [0.5, 0.6) is 0 Å². The summed E-state index contributed by atoms with van der Waals surface area (Å²) >= 11 is 3.96. The fourth-order valence-electron chi connectivity index (χ4n) is 2.06. The number of thiophene rings is 1. The fraction of sp³-hybridized carbons (Fsp3) is 0.250. The lowest BCUT2D eigenvalue weighted by Crippen LogP contribution is -2.20. The summed E-state index contributed by atoms with van der Waals surface area (Å²) in [7, 11) is 0. The van der Waals surface area contributed by atoms with Crippen molar-refractivity contribution in [1.82, 2.24) is 15.0 Å². The van der Waals surface area contributed by atoms with Crippen LogP contribution in [-0.2, 0) is 14.3 Å². The first-order chi connectivity index (χ1) is 12.6. The lowest BCUT2D eigenvalue weighted by atomic mass is 10.1. The number of fused-ring (bicyclic) bond motifs is 1. The van der Waals surface area contributed by atoms with E-state index in [1.54, 1.807) is 12.3 Å². The molecule has 0 bridgehead atoms. The summed E-state index contributed by atoms with van der Waals surface area (Å²) in [5.41, 5.74) is 0.746. The molecule has 0 saturated carbocycles. The number of nitriles is 1. The molecule has 0 radical (unpaired) electrons. The molecule has 0 amide bonds. The van der Waals surface area contributed by atoms with Gasteiger partial charge in [0.05, 0.1) is 11.8 Å². The molecular weight excluding hydrogens is 392 g/mol. The summed E-state index contributed by atoms with van der Waals surface area (Å²) in [4.78, 5) is 37.4. The summed E-state index contributed by atoms with van der Waals surface area (Å²) in [6.07, 6.45) is 1.45. The van der Waals surface area contributed by atoms with E-state index in [1.165, 1.54) is 40.8 Å². The van der Waals surface area contributed by atoms with Crippen molar-refractivity contribution in [3.8, 4) is 6.07 Å². The van der Waals surface area contributed by atoms with Crippen LogP contribution < -0.4 is 0 Å². The number of ketones is 1. The molecular formula is C16H12N4O3S3. The van der Waals surface area contributed by atoms with Gasteiger partial charge in [0.2, 0.25) is 0 Å². The third-order valence-corrected chi connectivity index (χ3v) is 6.09. The smallest absolute Gasteiger partial charge is 0.316 e. The maximum Gasteiger partial charge on any atom is 0.316 e. The topological polar surface area (TPSA) is 106 Å². The molecule has 10 heteroatoms. The number of carbonyl (C=O) groups is 2. The van der Waals surface area contributed by atoms with Crippen molar-refractivity contribution < 1.29 is 14.3 Å². The number of ether oxygens (including phenoxy) is 1. The Morgan fingerprint density at radius 2 is 2.23 bits per heavy atom. The molecule has 0 N–H and O–H groups in total. The van der Waals surface area contributed by atoms with Crippen LogP contribution in [0.25, 0.3) is 10.2 Å². The zero-order valence-corrected chi connectivity index (χ0v) is 16.0. The predicted molar refractivity (Wildman–Crippen MR) is 99.3 cm³/mol. The molecule has 0 saturated heterocycles.